The Morgan fingerprint density at radius 2 is 1.91 bits per heavy atom. The van der Waals surface area contributed by atoms with Crippen molar-refractivity contribution in [3.8, 4) is 17.9 Å². The summed E-state index contributed by atoms with van der Waals surface area (Å²) in [4.78, 5) is 0. The van der Waals surface area contributed by atoms with Crippen molar-refractivity contribution >= 4 is 5.87 Å². The van der Waals surface area contributed by atoms with Crippen molar-refractivity contribution in [2.75, 3.05) is 7.11 Å². The van der Waals surface area contributed by atoms with Crippen LogP contribution in [-0.2, 0) is 0 Å². The summed E-state index contributed by atoms with van der Waals surface area (Å²) in [5, 5.41) is 44.5. The fourth-order valence-electron chi connectivity index (χ4n) is 4.58. The third-order valence-corrected chi connectivity index (χ3v) is 6.28. The maximum atomic E-state index is 12.1. The van der Waals surface area contributed by atoms with Gasteiger partial charge in [-0.15, -0.1) is 0 Å². The number of benzene rings is 1. The summed E-state index contributed by atoms with van der Waals surface area (Å²) >= 11 is 0. The van der Waals surface area contributed by atoms with Gasteiger partial charge in [-0.3, -0.25) is 0 Å². The summed E-state index contributed by atoms with van der Waals surface area (Å²) < 4.78 is 7.51. The van der Waals surface area contributed by atoms with Crippen LogP contribution in [0.2, 0.25) is 0 Å². The van der Waals surface area contributed by atoms with Gasteiger partial charge in [-0.25, -0.2) is 5.87 Å². The lowest BCUT2D eigenvalue weighted by atomic mass is 9.73. The molecule has 4 rings (SSSR count). The van der Waals surface area contributed by atoms with Crippen LogP contribution in [0.4, 0.5) is 0 Å². The van der Waals surface area contributed by atoms with Crippen LogP contribution in [0, 0.1) is 35.5 Å². The number of methoxy groups -OCH3 is 1. The van der Waals surface area contributed by atoms with Gasteiger partial charge in [0.2, 0.25) is 11.8 Å². The highest BCUT2D eigenvalue weighted by Gasteiger charge is 2.61. The number of nitrogens with one attached hydrogen (secondary N) is 1. The number of hydrogen-bond donors (Lipinski definition) is 2. The number of aliphatic hydroxyl groups is 1. The van der Waals surface area contributed by atoms with Gasteiger partial charge in [-0.2, -0.15) is 15.1 Å². The van der Waals surface area contributed by atoms with Crippen molar-refractivity contribution in [2.45, 2.75) is 37.5 Å². The second-order valence-corrected chi connectivity index (χ2v) is 8.21. The third-order valence-electron chi connectivity index (χ3n) is 6.28. The first-order valence-electron chi connectivity index (χ1n) is 10.4. The van der Waals surface area contributed by atoms with Gasteiger partial charge in [0, 0.05) is 23.6 Å². The zero-order valence-corrected chi connectivity index (χ0v) is 17.9. The monoisotopic (exact) mass is 425 g/mol. The van der Waals surface area contributed by atoms with Crippen molar-refractivity contribution in [3.05, 3.63) is 82.2 Å². The molecule has 1 saturated carbocycles. The highest BCUT2D eigenvalue weighted by molar-refractivity contribution is 5.74. The second-order valence-electron chi connectivity index (χ2n) is 8.21. The summed E-state index contributed by atoms with van der Waals surface area (Å²) in [6.45, 7) is 1.98. The van der Waals surface area contributed by atoms with Crippen LogP contribution in [0.15, 0.2) is 65.6 Å². The first kappa shape index (κ1) is 21.3. The zero-order chi connectivity index (χ0) is 22.9. The van der Waals surface area contributed by atoms with E-state index >= 15 is 0 Å². The normalized spacial score (nSPS) is 24.5. The molecule has 2 heterocycles. The Labute approximate surface area is 187 Å². The molecule has 2 aliphatic rings. The number of ether oxygens (including phenoxy) is 1. The standard InChI is InChI=1S/C25H23N5O2/c1-16-9-11-30(12-10-16)24-22(19-5-3-4-6-21(19)32-2)20(15-28)23(17(13-26)14-27)29-25(24,31)18-7-8-18/h3-6,9-12,18,22,24,29,31H,7-8H2,1-2H3/t22-,24+,25+/m1/s1. The molecule has 1 aromatic heterocycles. The molecule has 1 aliphatic heterocycles. The van der Waals surface area contributed by atoms with Gasteiger partial charge in [-0.05, 0) is 31.4 Å². The molecule has 32 heavy (non-hydrogen) atoms. The van der Waals surface area contributed by atoms with E-state index in [2.05, 4.69) is 11.4 Å². The van der Waals surface area contributed by atoms with E-state index in [1.54, 1.807) is 13.2 Å². The number of rotatable bonds is 5. The van der Waals surface area contributed by atoms with Crippen molar-refractivity contribution in [1.29, 1.82) is 10.5 Å². The number of allylic oxidation sites excluding steroid dienone is 2. The molecule has 7 heteroatoms. The van der Waals surface area contributed by atoms with Crippen LogP contribution < -0.4 is 14.6 Å². The minimum atomic E-state index is -1.47. The molecule has 0 saturated heterocycles. The minimum Gasteiger partial charge on any atom is -0.762 e. The number of nitrogens with zero attached hydrogens (tertiary/aromatic N) is 4. The molecule has 0 amide bonds. The maximum Gasteiger partial charge on any atom is 0.217 e. The molecule has 7 nitrogen and oxygen atoms in total. The van der Waals surface area contributed by atoms with Crippen LogP contribution in [0.3, 0.4) is 0 Å². The van der Waals surface area contributed by atoms with Gasteiger partial charge in [0.1, 0.15) is 11.8 Å². The number of nitriles is 2. The van der Waals surface area contributed by atoms with E-state index in [0.29, 0.717) is 11.3 Å². The number of para-hydroxylation sites is 1. The van der Waals surface area contributed by atoms with E-state index in [9.17, 15) is 21.0 Å². The predicted molar refractivity (Wildman–Crippen MR) is 117 cm³/mol. The smallest absolute Gasteiger partial charge is 0.217 e. The molecule has 2 N–H and O–H groups in total. The summed E-state index contributed by atoms with van der Waals surface area (Å²) in [6.07, 6.45) is 5.37. The van der Waals surface area contributed by atoms with Gasteiger partial charge < -0.3 is 20.6 Å². The molecule has 1 aliphatic carbocycles. The van der Waals surface area contributed by atoms with Gasteiger partial charge >= 0.3 is 0 Å². The number of pyridine rings is 1. The quantitative estimate of drug-likeness (QED) is 0.434. The van der Waals surface area contributed by atoms with Crippen LogP contribution in [0.25, 0.3) is 5.41 Å². The SMILES string of the molecule is COc1ccccc1[C@@H]1C(C#N)=C(C(=C=[N-])C#N)N[C@](O)(C2CC2)[C@H]1[n+]1ccc(C)cc1. The molecule has 2 aromatic rings. The van der Waals surface area contributed by atoms with E-state index < -0.39 is 17.7 Å². The van der Waals surface area contributed by atoms with E-state index in [1.165, 1.54) is 0 Å². The highest BCUT2D eigenvalue weighted by Crippen LogP contribution is 2.53. The first-order valence-corrected chi connectivity index (χ1v) is 10.4. The Morgan fingerprint density at radius 1 is 1.22 bits per heavy atom. The number of aromatic nitrogens is 1. The van der Waals surface area contributed by atoms with Crippen molar-refractivity contribution in [1.82, 2.24) is 5.32 Å². The van der Waals surface area contributed by atoms with Crippen LogP contribution in [0.1, 0.15) is 35.9 Å². The molecule has 0 spiro atoms. The molecule has 1 aromatic carbocycles. The average molecular weight is 425 g/mol. The van der Waals surface area contributed by atoms with Gasteiger partial charge in [0.05, 0.1) is 35.9 Å². The molecule has 3 atom stereocenters. The average Bonchev–Trinajstić information content (AvgIpc) is 3.66. The molecule has 1 fully saturated rings. The minimum absolute atomic E-state index is 0.0896. The van der Waals surface area contributed by atoms with Gasteiger partial charge in [-0.1, -0.05) is 18.2 Å². The molecule has 0 unspecified atom stereocenters. The van der Waals surface area contributed by atoms with Gasteiger partial charge in [0.25, 0.3) is 0 Å². The summed E-state index contributed by atoms with van der Waals surface area (Å²) in [5.74, 6) is 1.71. The van der Waals surface area contributed by atoms with Crippen molar-refractivity contribution in [3.63, 3.8) is 0 Å². The molecule has 0 bridgehead atoms. The maximum absolute atomic E-state index is 12.1. The number of aryl methyl sites for hydroxylation is 1. The third kappa shape index (κ3) is 3.44. The summed E-state index contributed by atoms with van der Waals surface area (Å²) in [6, 6.07) is 14.7. The molecule has 0 radical (unpaired) electrons. The molecule has 160 valence electrons. The molecular formula is C25H23N5O2. The lowest BCUT2D eigenvalue weighted by Gasteiger charge is -2.43. The van der Waals surface area contributed by atoms with Crippen molar-refractivity contribution in [2.24, 2.45) is 5.92 Å². The fourth-order valence-corrected chi connectivity index (χ4v) is 4.58. The van der Waals surface area contributed by atoms with Crippen LogP contribution in [-0.4, -0.2) is 23.8 Å². The first-order chi connectivity index (χ1) is 15.5. The van der Waals surface area contributed by atoms with E-state index in [0.717, 1.165) is 18.4 Å². The van der Waals surface area contributed by atoms with E-state index in [4.69, 9.17) is 4.74 Å². The predicted octanol–water partition coefficient (Wildman–Crippen LogP) is 2.78. The topological polar surface area (TPSA) is 115 Å². The van der Waals surface area contributed by atoms with E-state index in [-0.39, 0.29) is 22.8 Å². The lowest BCUT2D eigenvalue weighted by Crippen LogP contribution is -2.66. The lowest BCUT2D eigenvalue weighted by molar-refractivity contribution is -0.742. The largest absolute Gasteiger partial charge is 0.762 e. The fraction of sp³-hybridized carbons (Fsp3) is 0.320. The van der Waals surface area contributed by atoms with Gasteiger partial charge in [0.15, 0.2) is 12.4 Å². The highest BCUT2D eigenvalue weighted by atomic mass is 16.5. The Balaban J connectivity index is 2.07. The zero-order valence-electron chi connectivity index (χ0n) is 17.9. The summed E-state index contributed by atoms with van der Waals surface area (Å²) in [7, 11) is 1.56. The van der Waals surface area contributed by atoms with Crippen LogP contribution in [0.5, 0.6) is 5.75 Å². The van der Waals surface area contributed by atoms with Crippen molar-refractivity contribution < 1.29 is 14.4 Å². The van der Waals surface area contributed by atoms with Crippen LogP contribution >= 0.6 is 0 Å². The second kappa shape index (κ2) is 8.32. The number of hydrogen-bond acceptors (Lipinski definition) is 5. The summed E-state index contributed by atoms with van der Waals surface area (Å²) in [5.41, 5.74) is 0.379. The molecular weight excluding hydrogens is 402 g/mol. The Morgan fingerprint density at radius 3 is 2.47 bits per heavy atom. The Kier molecular flexibility index (Phi) is 5.55. The van der Waals surface area contributed by atoms with E-state index in [1.807, 2.05) is 66.2 Å². The Hall–Kier alpha value is -3.90. The Bertz CT molecular complexity index is 1210.